The van der Waals surface area contributed by atoms with Gasteiger partial charge < -0.3 is 19.1 Å². The van der Waals surface area contributed by atoms with Crippen LogP contribution in [0, 0.1) is 6.92 Å². The van der Waals surface area contributed by atoms with Crippen LogP contribution in [0.1, 0.15) is 17.0 Å². The molecule has 1 fully saturated rings. The lowest BCUT2D eigenvalue weighted by Gasteiger charge is -2.25. The van der Waals surface area contributed by atoms with Crippen molar-refractivity contribution in [2.45, 2.75) is 20.0 Å². The van der Waals surface area contributed by atoms with Gasteiger partial charge in [-0.15, -0.1) is 0 Å². The van der Waals surface area contributed by atoms with Crippen LogP contribution in [0.15, 0.2) is 23.0 Å². The lowest BCUT2D eigenvalue weighted by atomic mass is 10.1. The minimum absolute atomic E-state index is 0.215. The van der Waals surface area contributed by atoms with E-state index < -0.39 is 0 Å². The van der Waals surface area contributed by atoms with Gasteiger partial charge in [0, 0.05) is 18.1 Å². The molecule has 0 radical (unpaired) electrons. The molecule has 0 amide bonds. The maximum Gasteiger partial charge on any atom is 0.292 e. The zero-order valence-corrected chi connectivity index (χ0v) is 18.4. The van der Waals surface area contributed by atoms with Crippen molar-refractivity contribution in [2.24, 2.45) is 0 Å². The lowest BCUT2D eigenvalue weighted by Crippen LogP contribution is -2.36. The Bertz CT molecular complexity index is 1090. The van der Waals surface area contributed by atoms with Crippen LogP contribution in [0.5, 0.6) is 0 Å². The van der Waals surface area contributed by atoms with Crippen molar-refractivity contribution >= 4 is 38.4 Å². The van der Waals surface area contributed by atoms with Crippen molar-refractivity contribution in [3.05, 3.63) is 50.5 Å². The topological polar surface area (TPSA) is 63.5 Å². The zero-order chi connectivity index (χ0) is 20.5. The Morgan fingerprint density at radius 3 is 2.72 bits per heavy atom. The monoisotopic (exact) mass is 433 g/mol. The second-order valence-electron chi connectivity index (χ2n) is 7.43. The fourth-order valence-electron chi connectivity index (χ4n) is 3.43. The summed E-state index contributed by atoms with van der Waals surface area (Å²) in [5.74, 6) is 0.700. The maximum absolute atomic E-state index is 12.8. The second-order valence-corrected chi connectivity index (χ2v) is 8.81. The predicted molar refractivity (Wildman–Crippen MR) is 117 cm³/mol. The minimum Gasteiger partial charge on any atom is -0.378 e. The summed E-state index contributed by atoms with van der Waals surface area (Å²) in [6.45, 7) is 6.02. The number of ether oxygens (including phenoxy) is 1. The summed E-state index contributed by atoms with van der Waals surface area (Å²) in [5, 5.41) is 1.58. The van der Waals surface area contributed by atoms with Crippen LogP contribution in [-0.2, 0) is 17.8 Å². The van der Waals surface area contributed by atoms with Gasteiger partial charge in [0.1, 0.15) is 10.5 Å². The number of morpholine rings is 1. The van der Waals surface area contributed by atoms with E-state index in [1.165, 1.54) is 11.3 Å². The molecule has 1 aliphatic heterocycles. The van der Waals surface area contributed by atoms with Crippen LogP contribution in [0.4, 0.5) is 5.13 Å². The lowest BCUT2D eigenvalue weighted by molar-refractivity contribution is 0.122. The fraction of sp³-hybridized carbons (Fsp3) is 0.450. The Labute approximate surface area is 178 Å². The molecule has 1 saturated heterocycles. The third-order valence-corrected chi connectivity index (χ3v) is 6.54. The Kier molecular flexibility index (Phi) is 5.87. The number of halogens is 1. The average Bonchev–Trinajstić information content (AvgIpc) is 3.14. The van der Waals surface area contributed by atoms with Crippen molar-refractivity contribution in [3.63, 3.8) is 0 Å². The van der Waals surface area contributed by atoms with Crippen molar-refractivity contribution in [1.82, 2.24) is 19.4 Å². The second kappa shape index (κ2) is 8.39. The molecule has 2 aromatic heterocycles. The number of rotatable bonds is 5. The first-order valence-corrected chi connectivity index (χ1v) is 10.7. The number of thiazole rings is 1. The molecule has 154 valence electrons. The van der Waals surface area contributed by atoms with E-state index in [0.29, 0.717) is 42.5 Å². The van der Waals surface area contributed by atoms with Crippen LogP contribution in [0.25, 0.3) is 10.3 Å². The largest absolute Gasteiger partial charge is 0.378 e. The molecule has 4 rings (SSSR count). The number of fused-ring (bicyclic) bond motifs is 1. The van der Waals surface area contributed by atoms with E-state index in [9.17, 15) is 4.79 Å². The molecule has 0 N–H and O–H groups in total. The van der Waals surface area contributed by atoms with Gasteiger partial charge in [-0.2, -0.15) is 4.98 Å². The number of aromatic nitrogens is 3. The van der Waals surface area contributed by atoms with Gasteiger partial charge in [-0.1, -0.05) is 35.1 Å². The fourth-order valence-corrected chi connectivity index (χ4v) is 4.63. The summed E-state index contributed by atoms with van der Waals surface area (Å²) in [6.07, 6.45) is 0. The summed E-state index contributed by atoms with van der Waals surface area (Å²) in [4.78, 5) is 26.2. The molecule has 0 atom stereocenters. The summed E-state index contributed by atoms with van der Waals surface area (Å²) in [5.41, 5.74) is 2.59. The first kappa shape index (κ1) is 20.3. The van der Waals surface area contributed by atoms with E-state index in [1.54, 1.807) is 0 Å². The quantitative estimate of drug-likeness (QED) is 0.616. The van der Waals surface area contributed by atoms with Crippen molar-refractivity contribution in [2.75, 3.05) is 45.3 Å². The number of hydrogen-bond acceptors (Lipinski definition) is 7. The van der Waals surface area contributed by atoms with Crippen molar-refractivity contribution in [1.29, 1.82) is 0 Å². The molecule has 0 aliphatic carbocycles. The van der Waals surface area contributed by atoms with Crippen LogP contribution in [0.2, 0.25) is 5.02 Å². The molecule has 1 aromatic carbocycles. The molecule has 3 aromatic rings. The SMILES string of the molecule is Cc1c(Cl)cccc1Cn1c(CN(C)C)nc(=O)c2sc(N3CCOCC3)nc21. The first-order chi connectivity index (χ1) is 13.9. The molecular formula is C20H24ClN5O2S. The van der Waals surface area contributed by atoms with Crippen LogP contribution in [-0.4, -0.2) is 59.8 Å². The Morgan fingerprint density at radius 1 is 1.24 bits per heavy atom. The van der Waals surface area contributed by atoms with Crippen LogP contribution >= 0.6 is 22.9 Å². The molecule has 1 aliphatic rings. The number of benzene rings is 1. The third kappa shape index (κ3) is 4.16. The van der Waals surface area contributed by atoms with Crippen LogP contribution in [0.3, 0.4) is 0 Å². The average molecular weight is 434 g/mol. The van der Waals surface area contributed by atoms with Crippen LogP contribution < -0.4 is 10.5 Å². The van der Waals surface area contributed by atoms with E-state index in [0.717, 1.165) is 34.4 Å². The van der Waals surface area contributed by atoms with Gasteiger partial charge in [0.25, 0.3) is 5.56 Å². The van der Waals surface area contributed by atoms with E-state index in [2.05, 4.69) is 20.5 Å². The highest BCUT2D eigenvalue weighted by molar-refractivity contribution is 7.22. The number of anilines is 1. The summed E-state index contributed by atoms with van der Waals surface area (Å²) in [7, 11) is 3.93. The third-order valence-electron chi connectivity index (χ3n) is 5.04. The molecule has 9 heteroatoms. The Hall–Kier alpha value is -2.00. The molecule has 29 heavy (non-hydrogen) atoms. The van der Waals surface area contributed by atoms with Gasteiger partial charge in [-0.3, -0.25) is 4.79 Å². The first-order valence-electron chi connectivity index (χ1n) is 9.55. The Balaban J connectivity index is 1.86. The molecular weight excluding hydrogens is 410 g/mol. The van der Waals surface area contributed by atoms with Gasteiger partial charge in [0.15, 0.2) is 10.8 Å². The summed E-state index contributed by atoms with van der Waals surface area (Å²) in [6, 6.07) is 5.89. The highest BCUT2D eigenvalue weighted by atomic mass is 35.5. The predicted octanol–water partition coefficient (Wildman–Crippen LogP) is 2.76. The van der Waals surface area contributed by atoms with E-state index >= 15 is 0 Å². The highest BCUT2D eigenvalue weighted by Gasteiger charge is 2.21. The molecule has 0 saturated carbocycles. The van der Waals surface area contributed by atoms with Gasteiger partial charge >= 0.3 is 0 Å². The van der Waals surface area contributed by atoms with E-state index in [4.69, 9.17) is 21.3 Å². The molecule has 3 heterocycles. The Morgan fingerprint density at radius 2 is 2.00 bits per heavy atom. The van der Waals surface area contributed by atoms with Gasteiger partial charge in [0.05, 0.1) is 26.3 Å². The number of hydrogen-bond donors (Lipinski definition) is 0. The minimum atomic E-state index is -0.215. The normalized spacial score (nSPS) is 14.9. The summed E-state index contributed by atoms with van der Waals surface area (Å²) < 4.78 is 8.09. The van der Waals surface area contributed by atoms with Gasteiger partial charge in [0.2, 0.25) is 0 Å². The van der Waals surface area contributed by atoms with Crippen molar-refractivity contribution < 1.29 is 4.74 Å². The summed E-state index contributed by atoms with van der Waals surface area (Å²) >= 11 is 7.75. The smallest absolute Gasteiger partial charge is 0.292 e. The molecule has 7 nitrogen and oxygen atoms in total. The van der Waals surface area contributed by atoms with Gasteiger partial charge in [-0.05, 0) is 38.2 Å². The van der Waals surface area contributed by atoms with E-state index in [-0.39, 0.29) is 5.56 Å². The zero-order valence-electron chi connectivity index (χ0n) is 16.8. The standard InChI is InChI=1S/C20H24ClN5O2S/c1-13-14(5-4-6-15(13)21)11-26-16(12-24(2)3)22-19(27)17-18(26)23-20(29-17)25-7-9-28-10-8-25/h4-6H,7-12H2,1-3H3. The molecule has 0 unspecified atom stereocenters. The molecule has 0 spiro atoms. The van der Waals surface area contributed by atoms with Crippen molar-refractivity contribution in [3.8, 4) is 0 Å². The number of nitrogens with zero attached hydrogens (tertiary/aromatic N) is 5. The maximum atomic E-state index is 12.8. The molecule has 0 bridgehead atoms. The highest BCUT2D eigenvalue weighted by Crippen LogP contribution is 2.29. The van der Waals surface area contributed by atoms with E-state index in [1.807, 2.05) is 38.1 Å². The van der Waals surface area contributed by atoms with Gasteiger partial charge in [-0.25, -0.2) is 4.98 Å².